The summed E-state index contributed by atoms with van der Waals surface area (Å²) in [6.45, 7) is 5.09. The maximum absolute atomic E-state index is 16.6. The number of anilines is 1. The molecule has 0 bridgehead atoms. The number of carbonyl (C=O) groups is 3. The lowest BCUT2D eigenvalue weighted by atomic mass is 9.91. The molecule has 3 aliphatic rings. The third-order valence-electron chi connectivity index (χ3n) is 11.8. The lowest BCUT2D eigenvalue weighted by Gasteiger charge is -2.40. The first-order chi connectivity index (χ1) is 27.4. The van der Waals surface area contributed by atoms with Crippen LogP contribution in [-0.2, 0) is 37.2 Å². The Kier molecular flexibility index (Phi) is 10.2. The van der Waals surface area contributed by atoms with Crippen molar-refractivity contribution in [3.05, 3.63) is 142 Å². The molecule has 8 rings (SSSR count). The van der Waals surface area contributed by atoms with Crippen LogP contribution in [0.2, 0.25) is 0 Å². The van der Waals surface area contributed by atoms with E-state index in [1.54, 1.807) is 43.8 Å². The van der Waals surface area contributed by atoms with Gasteiger partial charge in [0.2, 0.25) is 0 Å². The SMILES string of the molecule is Cc1c(C(=O)N(C)c2ccc(O)cc2)cc(-c2cc3c(cc2C(=O)N2Cc4ccccc4C[C@H]2CN2CCOCC2)C(=O)N(CCc2ccccc2)C3(F)F)n1C. The number of benzene rings is 4. The maximum atomic E-state index is 16.6. The molecular weight excluding hydrogens is 729 g/mol. The van der Waals surface area contributed by atoms with Crippen molar-refractivity contribution in [1.82, 2.24) is 19.3 Å². The van der Waals surface area contributed by atoms with Crippen LogP contribution in [0.4, 0.5) is 14.5 Å². The fraction of sp³-hybridized carbons (Fsp3) is 0.311. The Hall–Kier alpha value is -5.85. The Morgan fingerprint density at radius 2 is 1.58 bits per heavy atom. The maximum Gasteiger partial charge on any atom is 0.356 e. The van der Waals surface area contributed by atoms with Gasteiger partial charge >= 0.3 is 6.05 Å². The van der Waals surface area contributed by atoms with Crippen LogP contribution >= 0.6 is 0 Å². The number of phenolic OH excluding ortho intramolecular Hbond substituents is 1. The fourth-order valence-corrected chi connectivity index (χ4v) is 8.33. The van der Waals surface area contributed by atoms with E-state index in [1.165, 1.54) is 29.2 Å². The summed E-state index contributed by atoms with van der Waals surface area (Å²) in [5, 5.41) is 9.81. The average molecular weight is 774 g/mol. The molecule has 0 saturated carbocycles. The number of hydrogen-bond donors (Lipinski definition) is 1. The highest BCUT2D eigenvalue weighted by molar-refractivity contribution is 6.09. The molecule has 12 heteroatoms. The Balaban J connectivity index is 1.23. The average Bonchev–Trinajstić information content (AvgIpc) is 3.62. The summed E-state index contributed by atoms with van der Waals surface area (Å²) in [5.41, 5.74) is 4.39. The number of morpholine rings is 1. The van der Waals surface area contributed by atoms with E-state index in [-0.39, 0.29) is 53.3 Å². The van der Waals surface area contributed by atoms with Crippen molar-refractivity contribution < 1.29 is 33.0 Å². The van der Waals surface area contributed by atoms with Crippen LogP contribution in [0.15, 0.2) is 97.1 Å². The minimum absolute atomic E-state index is 0.0601. The summed E-state index contributed by atoms with van der Waals surface area (Å²) in [6.07, 6.45) is 0.831. The van der Waals surface area contributed by atoms with Gasteiger partial charge in [0.1, 0.15) is 5.75 Å². The lowest BCUT2D eigenvalue weighted by molar-refractivity contribution is -0.121. The Morgan fingerprint density at radius 3 is 2.30 bits per heavy atom. The molecule has 3 amide bonds. The van der Waals surface area contributed by atoms with Gasteiger partial charge < -0.3 is 24.2 Å². The van der Waals surface area contributed by atoms with Gasteiger partial charge in [0.25, 0.3) is 17.7 Å². The molecule has 3 aliphatic heterocycles. The number of fused-ring (bicyclic) bond motifs is 2. The predicted molar refractivity (Wildman–Crippen MR) is 213 cm³/mol. The monoisotopic (exact) mass is 773 g/mol. The molecule has 4 aromatic carbocycles. The van der Waals surface area contributed by atoms with E-state index in [9.17, 15) is 14.7 Å². The van der Waals surface area contributed by atoms with E-state index >= 15 is 13.6 Å². The van der Waals surface area contributed by atoms with E-state index in [1.807, 2.05) is 53.4 Å². The van der Waals surface area contributed by atoms with E-state index in [0.717, 1.165) is 29.8 Å². The zero-order valence-electron chi connectivity index (χ0n) is 32.3. The molecule has 1 fully saturated rings. The lowest BCUT2D eigenvalue weighted by Crippen LogP contribution is -2.52. The molecular formula is C45H45F2N5O5. The van der Waals surface area contributed by atoms with E-state index < -0.39 is 17.5 Å². The summed E-state index contributed by atoms with van der Waals surface area (Å²) < 4.78 is 40.5. The van der Waals surface area contributed by atoms with Gasteiger partial charge in [0, 0.05) is 81.1 Å². The van der Waals surface area contributed by atoms with Crippen LogP contribution in [-0.4, -0.2) is 94.6 Å². The summed E-state index contributed by atoms with van der Waals surface area (Å²) in [6, 6.07) is 23.8. The standard InChI is InChI=1S/C45H45F2N5O5/c1-29-36(42(54)49(3)33-13-15-35(53)16-14-33)26-41(48(29)2)37-25-40-39(44(56)52(45(40,46)47)18-17-30-9-5-4-6-10-30)24-38(37)43(55)51-27-32-12-8-7-11-31(32)23-34(51)28-50-19-21-57-22-20-50/h4-16,24-26,34,53H,17-23,27-28H2,1-3H3/t34-/m0/s1. The van der Waals surface area contributed by atoms with Gasteiger partial charge in [0.05, 0.1) is 29.9 Å². The van der Waals surface area contributed by atoms with Gasteiger partial charge in [-0.25, -0.2) is 0 Å². The number of aromatic nitrogens is 1. The second-order valence-electron chi connectivity index (χ2n) is 15.1. The first-order valence-electron chi connectivity index (χ1n) is 19.3. The third-order valence-corrected chi connectivity index (χ3v) is 11.8. The first-order valence-corrected chi connectivity index (χ1v) is 19.3. The molecule has 10 nitrogen and oxygen atoms in total. The molecule has 4 heterocycles. The van der Waals surface area contributed by atoms with Crippen molar-refractivity contribution in [2.45, 2.75) is 38.4 Å². The molecule has 1 aromatic heterocycles. The highest BCUT2D eigenvalue weighted by Crippen LogP contribution is 2.45. The van der Waals surface area contributed by atoms with Gasteiger partial charge in [-0.1, -0.05) is 54.6 Å². The molecule has 0 spiro atoms. The number of ether oxygens (including phenoxy) is 1. The van der Waals surface area contributed by atoms with Gasteiger partial charge in [-0.3, -0.25) is 24.2 Å². The van der Waals surface area contributed by atoms with Crippen molar-refractivity contribution in [2.24, 2.45) is 7.05 Å². The third kappa shape index (κ3) is 7.08. The second-order valence-corrected chi connectivity index (χ2v) is 15.1. The van der Waals surface area contributed by atoms with Crippen molar-refractivity contribution in [3.8, 4) is 17.0 Å². The zero-order chi connectivity index (χ0) is 40.0. The van der Waals surface area contributed by atoms with Crippen LogP contribution < -0.4 is 4.90 Å². The van der Waals surface area contributed by atoms with E-state index in [0.29, 0.717) is 60.3 Å². The fourth-order valence-electron chi connectivity index (χ4n) is 8.33. The van der Waals surface area contributed by atoms with Gasteiger partial charge in [0.15, 0.2) is 0 Å². The summed E-state index contributed by atoms with van der Waals surface area (Å²) in [4.78, 5) is 49.4. The van der Waals surface area contributed by atoms with Crippen molar-refractivity contribution in [3.63, 3.8) is 0 Å². The zero-order valence-corrected chi connectivity index (χ0v) is 32.3. The number of alkyl halides is 2. The highest BCUT2D eigenvalue weighted by Gasteiger charge is 2.52. The van der Waals surface area contributed by atoms with E-state index in [4.69, 9.17) is 4.74 Å². The van der Waals surface area contributed by atoms with Crippen molar-refractivity contribution in [2.75, 3.05) is 51.3 Å². The molecule has 294 valence electrons. The molecule has 5 aromatic rings. The van der Waals surface area contributed by atoms with Gasteiger partial charge in [-0.15, -0.1) is 0 Å². The summed E-state index contributed by atoms with van der Waals surface area (Å²) >= 11 is 0. The Labute approximate surface area is 330 Å². The molecule has 0 aliphatic carbocycles. The van der Waals surface area contributed by atoms with E-state index in [2.05, 4.69) is 11.0 Å². The minimum Gasteiger partial charge on any atom is -0.508 e. The Morgan fingerprint density at radius 1 is 0.895 bits per heavy atom. The highest BCUT2D eigenvalue weighted by atomic mass is 19.3. The molecule has 57 heavy (non-hydrogen) atoms. The number of rotatable bonds is 9. The van der Waals surface area contributed by atoms with Crippen molar-refractivity contribution in [1.29, 1.82) is 0 Å². The molecule has 0 radical (unpaired) electrons. The molecule has 1 atom stereocenters. The number of carbonyl (C=O) groups excluding carboxylic acids is 3. The quantitative estimate of drug-likeness (QED) is 0.169. The number of amides is 3. The minimum atomic E-state index is -3.65. The van der Waals surface area contributed by atoms with Crippen LogP contribution in [0.3, 0.4) is 0 Å². The number of hydrogen-bond acceptors (Lipinski definition) is 6. The summed E-state index contributed by atoms with van der Waals surface area (Å²) in [5.74, 6) is -1.52. The van der Waals surface area contributed by atoms with Crippen molar-refractivity contribution >= 4 is 23.4 Å². The largest absolute Gasteiger partial charge is 0.508 e. The molecule has 1 saturated heterocycles. The van der Waals surface area contributed by atoms with Crippen LogP contribution in [0.5, 0.6) is 5.75 Å². The predicted octanol–water partition coefficient (Wildman–Crippen LogP) is 6.63. The van der Waals surface area contributed by atoms with Crippen LogP contribution in [0.25, 0.3) is 11.3 Å². The van der Waals surface area contributed by atoms with Gasteiger partial charge in [-0.05, 0) is 78.9 Å². The summed E-state index contributed by atoms with van der Waals surface area (Å²) in [7, 11) is 3.35. The topological polar surface area (TPSA) is 98.6 Å². The van der Waals surface area contributed by atoms with Gasteiger partial charge in [-0.2, -0.15) is 8.78 Å². The first kappa shape index (κ1) is 38.0. The van der Waals surface area contributed by atoms with Crippen LogP contribution in [0.1, 0.15) is 59.0 Å². The van der Waals surface area contributed by atoms with Crippen LogP contribution in [0, 0.1) is 6.92 Å². The second kappa shape index (κ2) is 15.2. The molecule has 1 N–H and O–H groups in total. The number of halogens is 2. The Bertz CT molecular complexity index is 2340. The number of phenols is 1. The normalized spacial score (nSPS) is 17.7. The smallest absolute Gasteiger partial charge is 0.356 e. The number of aromatic hydroxyl groups is 1. The molecule has 0 unspecified atom stereocenters. The number of nitrogens with zero attached hydrogens (tertiary/aromatic N) is 5.